The summed E-state index contributed by atoms with van der Waals surface area (Å²) >= 11 is 0. The van der Waals surface area contributed by atoms with Gasteiger partial charge in [-0.25, -0.2) is 4.39 Å². The summed E-state index contributed by atoms with van der Waals surface area (Å²) in [6.07, 6.45) is -0.286. The molecule has 0 amide bonds. The topological polar surface area (TPSA) is 18.5 Å². The quantitative estimate of drug-likeness (QED) is 0.405. The Morgan fingerprint density at radius 2 is 1.75 bits per heavy atom. The minimum absolute atomic E-state index is 0.272. The summed E-state index contributed by atoms with van der Waals surface area (Å²) in [7, 11) is 0. The summed E-state index contributed by atoms with van der Waals surface area (Å²) in [6, 6.07) is 13.3. The van der Waals surface area contributed by atoms with Crippen LogP contribution < -0.4 is 9.47 Å². The summed E-state index contributed by atoms with van der Waals surface area (Å²) in [5, 5.41) is 1.29. The largest absolute Gasteiger partial charge is 0.490 e. The lowest BCUT2D eigenvalue weighted by Gasteiger charge is -2.19. The van der Waals surface area contributed by atoms with Gasteiger partial charge in [0.15, 0.2) is 11.6 Å². The van der Waals surface area contributed by atoms with Crippen LogP contribution in [-0.4, -0.2) is 6.61 Å². The van der Waals surface area contributed by atoms with E-state index in [0.717, 1.165) is 18.4 Å². The van der Waals surface area contributed by atoms with Crippen LogP contribution in [0.15, 0.2) is 67.3 Å². The highest BCUT2D eigenvalue weighted by molar-refractivity contribution is 5.84. The van der Waals surface area contributed by atoms with Crippen molar-refractivity contribution in [2.75, 3.05) is 6.61 Å². The van der Waals surface area contributed by atoms with Crippen LogP contribution in [0, 0.1) is 5.82 Å². The van der Waals surface area contributed by atoms with Crippen LogP contribution in [0.1, 0.15) is 24.5 Å². The molecule has 2 nitrogen and oxygen atoms in total. The first-order valence-corrected chi connectivity index (χ1v) is 9.06. The van der Waals surface area contributed by atoms with E-state index in [9.17, 15) is 13.2 Å². The maximum Gasteiger partial charge on any atom is 0.426 e. The molecule has 0 aliphatic carbocycles. The Balaban J connectivity index is 1.84. The van der Waals surface area contributed by atoms with E-state index in [1.165, 1.54) is 36.4 Å². The first kappa shape index (κ1) is 19.8. The predicted molar refractivity (Wildman–Crippen MR) is 105 cm³/mol. The van der Waals surface area contributed by atoms with Gasteiger partial charge >= 0.3 is 6.11 Å². The highest BCUT2D eigenvalue weighted by Gasteiger charge is 2.35. The molecule has 0 radical (unpaired) electrons. The molecule has 0 heterocycles. The SMILES string of the molecule is C=CCOc1ccc(C(F)(F)Oc2cc3ccc(CCC)cc3cc2F)cc1. The molecule has 146 valence electrons. The Labute approximate surface area is 162 Å². The van der Waals surface area contributed by atoms with E-state index in [1.54, 1.807) is 12.1 Å². The zero-order chi connectivity index (χ0) is 20.1. The van der Waals surface area contributed by atoms with Crippen LogP contribution in [0.5, 0.6) is 11.5 Å². The molecule has 0 aliphatic heterocycles. The van der Waals surface area contributed by atoms with Gasteiger partial charge in [-0.15, -0.1) is 0 Å². The minimum atomic E-state index is -3.69. The number of hydrogen-bond acceptors (Lipinski definition) is 2. The number of fused-ring (bicyclic) bond motifs is 1. The second kappa shape index (κ2) is 8.38. The lowest BCUT2D eigenvalue weighted by Crippen LogP contribution is -2.22. The Bertz CT molecular complexity index is 965. The number of ether oxygens (including phenoxy) is 2. The van der Waals surface area contributed by atoms with Gasteiger partial charge in [0.05, 0.1) is 5.56 Å². The number of aryl methyl sites for hydroxylation is 1. The molecule has 3 aromatic carbocycles. The third-order valence-electron chi connectivity index (χ3n) is 4.29. The molecular formula is C23H21F3O2. The molecule has 0 spiro atoms. The predicted octanol–water partition coefficient (Wildman–Crippen LogP) is 6.62. The summed E-state index contributed by atoms with van der Waals surface area (Å²) in [5.74, 6) is -0.890. The summed E-state index contributed by atoms with van der Waals surface area (Å²) in [6.45, 7) is 5.85. The van der Waals surface area contributed by atoms with Crippen LogP contribution >= 0.6 is 0 Å². The number of hydrogen-bond donors (Lipinski definition) is 0. The average molecular weight is 386 g/mol. The highest BCUT2D eigenvalue weighted by Crippen LogP contribution is 2.35. The van der Waals surface area contributed by atoms with Gasteiger partial charge in [-0.05, 0) is 59.2 Å². The zero-order valence-electron chi connectivity index (χ0n) is 15.6. The maximum absolute atomic E-state index is 14.5. The van der Waals surface area contributed by atoms with Crippen molar-refractivity contribution in [2.45, 2.75) is 25.9 Å². The van der Waals surface area contributed by atoms with Crippen molar-refractivity contribution in [3.05, 3.63) is 84.2 Å². The van der Waals surface area contributed by atoms with Crippen molar-refractivity contribution in [3.63, 3.8) is 0 Å². The van der Waals surface area contributed by atoms with E-state index in [2.05, 4.69) is 13.5 Å². The van der Waals surface area contributed by atoms with Crippen molar-refractivity contribution < 1.29 is 22.6 Å². The average Bonchev–Trinajstić information content (AvgIpc) is 2.67. The molecule has 3 aromatic rings. The third-order valence-corrected chi connectivity index (χ3v) is 4.29. The molecule has 3 rings (SSSR count). The summed E-state index contributed by atoms with van der Waals surface area (Å²) in [4.78, 5) is 0. The second-order valence-corrected chi connectivity index (χ2v) is 6.46. The molecule has 0 saturated carbocycles. The number of alkyl halides is 2. The molecule has 0 aromatic heterocycles. The van der Waals surface area contributed by atoms with E-state index in [0.29, 0.717) is 16.5 Å². The van der Waals surface area contributed by atoms with Crippen LogP contribution in [-0.2, 0) is 12.5 Å². The van der Waals surface area contributed by atoms with Crippen molar-refractivity contribution >= 4 is 10.8 Å². The fourth-order valence-electron chi connectivity index (χ4n) is 2.92. The lowest BCUT2D eigenvalue weighted by atomic mass is 10.0. The van der Waals surface area contributed by atoms with Gasteiger partial charge in [-0.3, -0.25) is 0 Å². The van der Waals surface area contributed by atoms with Crippen molar-refractivity contribution in [2.24, 2.45) is 0 Å². The summed E-state index contributed by atoms with van der Waals surface area (Å²) in [5.41, 5.74) is 0.684. The minimum Gasteiger partial charge on any atom is -0.490 e. The van der Waals surface area contributed by atoms with Gasteiger partial charge < -0.3 is 9.47 Å². The maximum atomic E-state index is 14.5. The molecule has 0 atom stereocenters. The molecule has 28 heavy (non-hydrogen) atoms. The standard InChI is InChI=1S/C23H21F3O2/c1-3-5-16-6-7-17-15-22(21(24)14-18(17)13-16)28-23(25,26)19-8-10-20(11-9-19)27-12-4-2/h4,6-11,13-15H,2-3,5,12H2,1H3. The Kier molecular flexibility index (Phi) is 5.93. The zero-order valence-corrected chi connectivity index (χ0v) is 15.6. The normalized spacial score (nSPS) is 11.4. The smallest absolute Gasteiger partial charge is 0.426 e. The molecule has 0 aliphatic rings. The first-order chi connectivity index (χ1) is 13.4. The van der Waals surface area contributed by atoms with Crippen LogP contribution in [0.3, 0.4) is 0 Å². The highest BCUT2D eigenvalue weighted by atomic mass is 19.3. The van der Waals surface area contributed by atoms with Gasteiger partial charge in [0.25, 0.3) is 0 Å². The third kappa shape index (κ3) is 4.47. The van der Waals surface area contributed by atoms with E-state index in [1.807, 2.05) is 12.1 Å². The lowest BCUT2D eigenvalue weighted by molar-refractivity contribution is -0.186. The van der Waals surface area contributed by atoms with Gasteiger partial charge in [0.2, 0.25) is 0 Å². The summed E-state index contributed by atoms with van der Waals surface area (Å²) < 4.78 is 53.5. The number of benzene rings is 3. The molecule has 0 fully saturated rings. The molecule has 0 bridgehead atoms. The van der Waals surface area contributed by atoms with E-state index in [-0.39, 0.29) is 6.61 Å². The Morgan fingerprint density at radius 1 is 1.00 bits per heavy atom. The van der Waals surface area contributed by atoms with E-state index < -0.39 is 23.2 Å². The van der Waals surface area contributed by atoms with E-state index in [4.69, 9.17) is 9.47 Å². The number of halogens is 3. The van der Waals surface area contributed by atoms with Gasteiger partial charge in [0, 0.05) is 0 Å². The Hall–Kier alpha value is -2.95. The fraction of sp³-hybridized carbons (Fsp3) is 0.217. The molecule has 0 saturated heterocycles. The van der Waals surface area contributed by atoms with Crippen molar-refractivity contribution in [3.8, 4) is 11.5 Å². The van der Waals surface area contributed by atoms with Crippen LogP contribution in [0.4, 0.5) is 13.2 Å². The number of rotatable bonds is 8. The molecule has 5 heteroatoms. The fourth-order valence-corrected chi connectivity index (χ4v) is 2.92. The van der Waals surface area contributed by atoms with Crippen molar-refractivity contribution in [1.29, 1.82) is 0 Å². The Morgan fingerprint density at radius 3 is 2.43 bits per heavy atom. The van der Waals surface area contributed by atoms with E-state index >= 15 is 0 Å². The van der Waals surface area contributed by atoms with Crippen LogP contribution in [0.25, 0.3) is 10.8 Å². The van der Waals surface area contributed by atoms with Gasteiger partial charge in [-0.1, -0.05) is 44.2 Å². The van der Waals surface area contributed by atoms with Gasteiger partial charge in [0.1, 0.15) is 12.4 Å². The second-order valence-electron chi connectivity index (χ2n) is 6.46. The van der Waals surface area contributed by atoms with Crippen LogP contribution in [0.2, 0.25) is 0 Å². The monoisotopic (exact) mass is 386 g/mol. The molecular weight excluding hydrogens is 365 g/mol. The van der Waals surface area contributed by atoms with Crippen molar-refractivity contribution in [1.82, 2.24) is 0 Å². The molecule has 0 unspecified atom stereocenters. The van der Waals surface area contributed by atoms with Gasteiger partial charge in [-0.2, -0.15) is 8.78 Å². The molecule has 0 N–H and O–H groups in total. The first-order valence-electron chi connectivity index (χ1n) is 9.06.